The van der Waals surface area contributed by atoms with Crippen LogP contribution in [-0.2, 0) is 11.2 Å². The fraction of sp³-hybridized carbons (Fsp3) is 0.381. The molecule has 5 unspecified atom stereocenters. The Bertz CT molecular complexity index is 874. The Morgan fingerprint density at radius 2 is 1.72 bits per heavy atom. The largest absolute Gasteiger partial charge is 0.394 e. The van der Waals surface area contributed by atoms with Gasteiger partial charge in [-0.2, -0.15) is 0 Å². The summed E-state index contributed by atoms with van der Waals surface area (Å²) >= 11 is 6.43. The third-order valence-corrected chi connectivity index (χ3v) is 5.50. The molecule has 2 aromatic carbocycles. The standard InChI is InChI=1S/C21H24ClNO6/c1-23-21(28)14-4-2-3-11(7-14)12-5-6-13(15(22)8-12)9-16-18(25)20(27)19(26)17(10-24)29-16/h2-8,16-20,24-27H,9-10H2,1H3,(H,23,28). The second-order valence-corrected chi connectivity index (χ2v) is 7.44. The van der Waals surface area contributed by atoms with Crippen LogP contribution in [0.4, 0.5) is 0 Å². The molecule has 156 valence electrons. The van der Waals surface area contributed by atoms with Crippen LogP contribution in [-0.4, -0.2) is 70.5 Å². The van der Waals surface area contributed by atoms with Crippen molar-refractivity contribution in [2.75, 3.05) is 13.7 Å². The zero-order valence-corrected chi connectivity index (χ0v) is 16.6. The van der Waals surface area contributed by atoms with Crippen LogP contribution in [0.2, 0.25) is 5.02 Å². The number of carbonyl (C=O) groups is 1. The molecule has 1 aliphatic rings. The van der Waals surface area contributed by atoms with Gasteiger partial charge in [0.1, 0.15) is 24.4 Å². The summed E-state index contributed by atoms with van der Waals surface area (Å²) in [5, 5.41) is 42.4. The monoisotopic (exact) mass is 421 g/mol. The average molecular weight is 422 g/mol. The minimum atomic E-state index is -1.42. The van der Waals surface area contributed by atoms with Gasteiger partial charge in [0.05, 0.1) is 12.7 Å². The molecule has 1 fully saturated rings. The number of hydrogen-bond acceptors (Lipinski definition) is 6. The molecule has 8 heteroatoms. The number of aliphatic hydroxyl groups excluding tert-OH is 4. The highest BCUT2D eigenvalue weighted by atomic mass is 35.5. The van der Waals surface area contributed by atoms with Crippen LogP contribution < -0.4 is 5.32 Å². The smallest absolute Gasteiger partial charge is 0.251 e. The molecular weight excluding hydrogens is 398 g/mol. The van der Waals surface area contributed by atoms with E-state index in [4.69, 9.17) is 16.3 Å². The highest BCUT2D eigenvalue weighted by Crippen LogP contribution is 2.30. The lowest BCUT2D eigenvalue weighted by Gasteiger charge is -2.40. The number of nitrogens with one attached hydrogen (secondary N) is 1. The van der Waals surface area contributed by atoms with E-state index < -0.39 is 37.1 Å². The summed E-state index contributed by atoms with van der Waals surface area (Å²) < 4.78 is 5.55. The fourth-order valence-corrected chi connectivity index (χ4v) is 3.70. The number of halogens is 1. The first kappa shape index (κ1) is 21.7. The molecule has 5 atom stereocenters. The summed E-state index contributed by atoms with van der Waals surface area (Å²) in [6.45, 7) is -0.476. The first-order chi connectivity index (χ1) is 13.8. The summed E-state index contributed by atoms with van der Waals surface area (Å²) in [6, 6.07) is 12.5. The number of rotatable bonds is 5. The van der Waals surface area contributed by atoms with Crippen molar-refractivity contribution in [1.82, 2.24) is 5.32 Å². The number of hydrogen-bond donors (Lipinski definition) is 5. The van der Waals surface area contributed by atoms with Crippen molar-refractivity contribution in [2.45, 2.75) is 36.9 Å². The van der Waals surface area contributed by atoms with E-state index in [1.54, 1.807) is 37.4 Å². The predicted octanol–water partition coefficient (Wildman–Crippen LogP) is 0.751. The van der Waals surface area contributed by atoms with Gasteiger partial charge in [-0.15, -0.1) is 0 Å². The summed E-state index contributed by atoms with van der Waals surface area (Å²) in [5.41, 5.74) is 2.86. The molecule has 0 bridgehead atoms. The molecule has 3 rings (SSSR count). The Labute approximate surface area is 173 Å². The van der Waals surface area contributed by atoms with Crippen molar-refractivity contribution in [2.24, 2.45) is 0 Å². The van der Waals surface area contributed by atoms with Gasteiger partial charge in [-0.25, -0.2) is 0 Å². The van der Waals surface area contributed by atoms with Crippen LogP contribution in [0.5, 0.6) is 0 Å². The Morgan fingerprint density at radius 3 is 2.38 bits per heavy atom. The lowest BCUT2D eigenvalue weighted by atomic mass is 9.91. The van der Waals surface area contributed by atoms with Crippen molar-refractivity contribution in [3.8, 4) is 11.1 Å². The van der Waals surface area contributed by atoms with Gasteiger partial charge in [0.2, 0.25) is 0 Å². The van der Waals surface area contributed by atoms with Crippen LogP contribution in [0, 0.1) is 0 Å². The highest BCUT2D eigenvalue weighted by molar-refractivity contribution is 6.31. The minimum absolute atomic E-state index is 0.183. The van der Waals surface area contributed by atoms with Crippen LogP contribution in [0.15, 0.2) is 42.5 Å². The van der Waals surface area contributed by atoms with E-state index in [1.165, 1.54) is 0 Å². The summed E-state index contributed by atoms with van der Waals surface area (Å²) in [6.07, 6.45) is -5.71. The maximum atomic E-state index is 11.8. The molecule has 2 aromatic rings. The maximum Gasteiger partial charge on any atom is 0.251 e. The summed E-state index contributed by atoms with van der Waals surface area (Å²) in [5.74, 6) is -0.183. The van der Waals surface area contributed by atoms with Gasteiger partial charge >= 0.3 is 0 Å². The molecule has 7 nitrogen and oxygen atoms in total. The van der Waals surface area contributed by atoms with Crippen molar-refractivity contribution >= 4 is 17.5 Å². The van der Waals surface area contributed by atoms with Gasteiger partial charge in [-0.05, 0) is 34.9 Å². The predicted molar refractivity (Wildman–Crippen MR) is 108 cm³/mol. The first-order valence-corrected chi connectivity index (χ1v) is 9.65. The van der Waals surface area contributed by atoms with Crippen LogP contribution >= 0.6 is 11.6 Å². The second kappa shape index (κ2) is 9.21. The van der Waals surface area contributed by atoms with Crippen molar-refractivity contribution in [3.05, 3.63) is 58.6 Å². The second-order valence-electron chi connectivity index (χ2n) is 7.04. The highest BCUT2D eigenvalue weighted by Gasteiger charge is 2.43. The van der Waals surface area contributed by atoms with Crippen molar-refractivity contribution in [3.63, 3.8) is 0 Å². The molecule has 5 N–H and O–H groups in total. The van der Waals surface area contributed by atoms with Crippen LogP contribution in [0.1, 0.15) is 15.9 Å². The van der Waals surface area contributed by atoms with Crippen molar-refractivity contribution in [1.29, 1.82) is 0 Å². The minimum Gasteiger partial charge on any atom is -0.394 e. The van der Waals surface area contributed by atoms with E-state index in [0.29, 0.717) is 16.1 Å². The zero-order chi connectivity index (χ0) is 21.1. The van der Waals surface area contributed by atoms with Gasteiger partial charge < -0.3 is 30.5 Å². The van der Waals surface area contributed by atoms with E-state index >= 15 is 0 Å². The quantitative estimate of drug-likeness (QED) is 0.486. The van der Waals surface area contributed by atoms with Gasteiger partial charge in [0.25, 0.3) is 5.91 Å². The number of benzene rings is 2. The van der Waals surface area contributed by atoms with E-state index in [9.17, 15) is 25.2 Å². The summed E-state index contributed by atoms with van der Waals surface area (Å²) in [7, 11) is 1.57. The fourth-order valence-electron chi connectivity index (χ4n) is 3.44. The maximum absolute atomic E-state index is 11.8. The molecule has 0 radical (unpaired) electrons. The SMILES string of the molecule is CNC(=O)c1cccc(-c2ccc(CC3OC(CO)C(O)C(O)C3O)c(Cl)c2)c1. The Balaban J connectivity index is 1.81. The number of amides is 1. The van der Waals surface area contributed by atoms with E-state index in [0.717, 1.165) is 11.1 Å². The van der Waals surface area contributed by atoms with Crippen LogP contribution in [0.25, 0.3) is 11.1 Å². The van der Waals surface area contributed by atoms with Gasteiger partial charge in [0, 0.05) is 24.1 Å². The Morgan fingerprint density at radius 1 is 1.03 bits per heavy atom. The molecule has 1 saturated heterocycles. The summed E-state index contributed by atoms with van der Waals surface area (Å²) in [4.78, 5) is 11.8. The van der Waals surface area contributed by atoms with Gasteiger partial charge in [-0.1, -0.05) is 35.9 Å². The molecule has 1 aliphatic heterocycles. The molecule has 29 heavy (non-hydrogen) atoms. The van der Waals surface area contributed by atoms with E-state index in [-0.39, 0.29) is 12.3 Å². The number of aliphatic hydroxyl groups is 4. The Hall–Kier alpha value is -2.00. The number of ether oxygens (including phenoxy) is 1. The molecule has 0 spiro atoms. The van der Waals surface area contributed by atoms with Gasteiger partial charge in [-0.3, -0.25) is 4.79 Å². The normalized spacial score (nSPS) is 26.9. The topological polar surface area (TPSA) is 119 Å². The zero-order valence-electron chi connectivity index (χ0n) is 15.8. The van der Waals surface area contributed by atoms with Crippen LogP contribution in [0.3, 0.4) is 0 Å². The third-order valence-electron chi connectivity index (χ3n) is 5.15. The lowest BCUT2D eigenvalue weighted by Crippen LogP contribution is -2.59. The lowest BCUT2D eigenvalue weighted by molar-refractivity contribution is -0.228. The molecule has 1 amide bonds. The average Bonchev–Trinajstić information content (AvgIpc) is 2.74. The number of carbonyl (C=O) groups excluding carboxylic acids is 1. The molecule has 0 aliphatic carbocycles. The molecule has 1 heterocycles. The first-order valence-electron chi connectivity index (χ1n) is 9.27. The molecule has 0 aromatic heterocycles. The van der Waals surface area contributed by atoms with Crippen molar-refractivity contribution < 1.29 is 30.0 Å². The molecule has 0 saturated carbocycles. The van der Waals surface area contributed by atoms with E-state index in [1.807, 2.05) is 12.1 Å². The van der Waals surface area contributed by atoms with Gasteiger partial charge in [0.15, 0.2) is 0 Å². The van der Waals surface area contributed by atoms with E-state index in [2.05, 4.69) is 5.32 Å². The Kier molecular flexibility index (Phi) is 6.89. The molecular formula is C21H24ClNO6. The third kappa shape index (κ3) is 4.61.